The topological polar surface area (TPSA) is 72.6 Å². The number of carbonyl (C=O) groups is 1. The fourth-order valence-electron chi connectivity index (χ4n) is 1.62. The molecule has 1 N–H and O–H groups in total. The van der Waals surface area contributed by atoms with Gasteiger partial charge in [-0.1, -0.05) is 23.4 Å². The number of para-hydroxylation sites is 1. The molecule has 0 radical (unpaired) electrons. The third kappa shape index (κ3) is 3.45. The van der Waals surface area contributed by atoms with Crippen LogP contribution in [0.25, 0.3) is 6.08 Å². The molecule has 19 heavy (non-hydrogen) atoms. The van der Waals surface area contributed by atoms with Crippen LogP contribution < -0.4 is 4.74 Å². The summed E-state index contributed by atoms with van der Waals surface area (Å²) in [7, 11) is 0. The fraction of sp³-hybridized carbons (Fsp3) is 0.143. The van der Waals surface area contributed by atoms with Crippen molar-refractivity contribution in [1.82, 2.24) is 5.16 Å². The maximum Gasteiger partial charge on any atom is 0.328 e. The second-order valence-corrected chi connectivity index (χ2v) is 3.93. The Labute approximate surface area is 110 Å². The van der Waals surface area contributed by atoms with Gasteiger partial charge in [-0.3, -0.25) is 0 Å². The van der Waals surface area contributed by atoms with Crippen LogP contribution in [0.4, 0.5) is 0 Å². The van der Waals surface area contributed by atoms with Crippen LogP contribution in [0, 0.1) is 6.92 Å². The minimum absolute atomic E-state index is 0.249. The van der Waals surface area contributed by atoms with Crippen molar-refractivity contribution >= 4 is 12.0 Å². The number of ether oxygens (including phenoxy) is 1. The fourth-order valence-corrected chi connectivity index (χ4v) is 1.62. The summed E-state index contributed by atoms with van der Waals surface area (Å²) < 4.78 is 10.6. The lowest BCUT2D eigenvalue weighted by atomic mass is 10.1. The third-order valence-corrected chi connectivity index (χ3v) is 2.50. The summed E-state index contributed by atoms with van der Waals surface area (Å²) in [5, 5.41) is 12.3. The average Bonchev–Trinajstić information content (AvgIpc) is 2.88. The number of aryl methyl sites for hydroxylation is 1. The maximum absolute atomic E-state index is 10.6. The second-order valence-electron chi connectivity index (χ2n) is 3.93. The van der Waals surface area contributed by atoms with Crippen LogP contribution in [0.5, 0.6) is 5.75 Å². The van der Waals surface area contributed by atoms with Crippen LogP contribution >= 0.6 is 0 Å². The molecular formula is C14H13NO4. The van der Waals surface area contributed by atoms with Gasteiger partial charge in [0.2, 0.25) is 0 Å². The Balaban J connectivity index is 2.20. The lowest BCUT2D eigenvalue weighted by molar-refractivity contribution is -0.131. The van der Waals surface area contributed by atoms with E-state index in [9.17, 15) is 4.79 Å². The molecule has 0 saturated heterocycles. The van der Waals surface area contributed by atoms with Crippen LogP contribution in [-0.4, -0.2) is 16.2 Å². The van der Waals surface area contributed by atoms with Crippen molar-refractivity contribution in [3.8, 4) is 5.75 Å². The number of rotatable bonds is 5. The molecule has 0 unspecified atom stereocenters. The summed E-state index contributed by atoms with van der Waals surface area (Å²) >= 11 is 0. The normalized spacial score (nSPS) is 10.8. The van der Waals surface area contributed by atoms with Gasteiger partial charge in [-0.15, -0.1) is 0 Å². The van der Waals surface area contributed by atoms with Crippen molar-refractivity contribution < 1.29 is 19.2 Å². The van der Waals surface area contributed by atoms with Crippen LogP contribution in [0.3, 0.4) is 0 Å². The van der Waals surface area contributed by atoms with E-state index in [1.165, 1.54) is 6.08 Å². The molecule has 5 nitrogen and oxygen atoms in total. The number of carboxylic acid groups (broad SMARTS) is 1. The van der Waals surface area contributed by atoms with Crippen LogP contribution in [-0.2, 0) is 11.4 Å². The van der Waals surface area contributed by atoms with E-state index in [0.29, 0.717) is 17.1 Å². The lowest BCUT2D eigenvalue weighted by Gasteiger charge is -2.10. The van der Waals surface area contributed by atoms with Gasteiger partial charge in [-0.25, -0.2) is 4.79 Å². The molecule has 98 valence electrons. The van der Waals surface area contributed by atoms with E-state index >= 15 is 0 Å². The molecule has 2 rings (SSSR count). The van der Waals surface area contributed by atoms with E-state index in [0.717, 1.165) is 11.6 Å². The molecule has 0 bridgehead atoms. The Morgan fingerprint density at radius 3 is 3.00 bits per heavy atom. The van der Waals surface area contributed by atoms with Crippen molar-refractivity contribution in [3.63, 3.8) is 0 Å². The minimum Gasteiger partial charge on any atom is -0.485 e. The van der Waals surface area contributed by atoms with Crippen LogP contribution in [0.2, 0.25) is 0 Å². The van der Waals surface area contributed by atoms with Crippen molar-refractivity contribution in [2.75, 3.05) is 0 Å². The Kier molecular flexibility index (Phi) is 3.97. The molecular weight excluding hydrogens is 246 g/mol. The van der Waals surface area contributed by atoms with E-state index in [4.69, 9.17) is 14.4 Å². The molecule has 0 fully saturated rings. The predicted molar refractivity (Wildman–Crippen MR) is 68.7 cm³/mol. The van der Waals surface area contributed by atoms with Gasteiger partial charge in [-0.2, -0.15) is 0 Å². The summed E-state index contributed by atoms with van der Waals surface area (Å²) in [6.07, 6.45) is 4.13. The monoisotopic (exact) mass is 259 g/mol. The van der Waals surface area contributed by atoms with E-state index in [2.05, 4.69) is 5.16 Å². The Bertz CT molecular complexity index is 587. The molecule has 0 saturated carbocycles. The average molecular weight is 259 g/mol. The minimum atomic E-state index is -0.998. The highest BCUT2D eigenvalue weighted by atomic mass is 16.5. The highest BCUT2D eigenvalue weighted by molar-refractivity contribution is 5.86. The van der Waals surface area contributed by atoms with Crippen molar-refractivity contribution in [2.24, 2.45) is 0 Å². The summed E-state index contributed by atoms with van der Waals surface area (Å²) in [4.78, 5) is 10.6. The van der Waals surface area contributed by atoms with Crippen LogP contribution in [0.1, 0.15) is 16.9 Å². The first-order valence-corrected chi connectivity index (χ1v) is 5.70. The summed E-state index contributed by atoms with van der Waals surface area (Å²) in [6, 6.07) is 7.25. The number of hydrogen-bond donors (Lipinski definition) is 1. The highest BCUT2D eigenvalue weighted by Crippen LogP contribution is 2.25. The van der Waals surface area contributed by atoms with Gasteiger partial charge in [0.25, 0.3) is 0 Å². The van der Waals surface area contributed by atoms with E-state index in [1.807, 2.05) is 19.1 Å². The number of aromatic nitrogens is 1. The SMILES string of the molecule is Cc1cccc(/C=C/C(=O)O)c1OCc1ccno1. The van der Waals surface area contributed by atoms with Gasteiger partial charge < -0.3 is 14.4 Å². The third-order valence-electron chi connectivity index (χ3n) is 2.50. The van der Waals surface area contributed by atoms with Crippen molar-refractivity contribution in [3.05, 3.63) is 53.4 Å². The molecule has 0 spiro atoms. The van der Waals surface area contributed by atoms with Gasteiger partial charge >= 0.3 is 5.97 Å². The highest BCUT2D eigenvalue weighted by Gasteiger charge is 2.07. The molecule has 2 aromatic rings. The van der Waals surface area contributed by atoms with Gasteiger partial charge in [-0.05, 0) is 18.6 Å². The molecule has 1 aromatic carbocycles. The number of carboxylic acids is 1. The summed E-state index contributed by atoms with van der Waals surface area (Å²) in [5.74, 6) is 0.246. The number of hydrogen-bond acceptors (Lipinski definition) is 4. The summed E-state index contributed by atoms with van der Waals surface area (Å²) in [5.41, 5.74) is 1.63. The maximum atomic E-state index is 10.6. The number of nitrogens with zero attached hydrogens (tertiary/aromatic N) is 1. The zero-order valence-electron chi connectivity index (χ0n) is 10.4. The number of aliphatic carboxylic acids is 1. The second kappa shape index (κ2) is 5.86. The predicted octanol–water partition coefficient (Wildman–Crippen LogP) is 2.66. The molecule has 0 amide bonds. The molecule has 1 heterocycles. The molecule has 0 aliphatic carbocycles. The Morgan fingerprint density at radius 2 is 2.32 bits per heavy atom. The molecule has 0 atom stereocenters. The zero-order chi connectivity index (χ0) is 13.7. The van der Waals surface area contributed by atoms with Gasteiger partial charge in [0.05, 0.1) is 6.20 Å². The Morgan fingerprint density at radius 1 is 1.47 bits per heavy atom. The van der Waals surface area contributed by atoms with E-state index in [1.54, 1.807) is 18.3 Å². The Hall–Kier alpha value is -2.56. The molecule has 5 heteroatoms. The first-order valence-electron chi connectivity index (χ1n) is 5.70. The summed E-state index contributed by atoms with van der Waals surface area (Å²) in [6.45, 7) is 2.15. The molecule has 1 aromatic heterocycles. The van der Waals surface area contributed by atoms with Crippen molar-refractivity contribution in [2.45, 2.75) is 13.5 Å². The zero-order valence-corrected chi connectivity index (χ0v) is 10.4. The van der Waals surface area contributed by atoms with Crippen LogP contribution in [0.15, 0.2) is 41.1 Å². The van der Waals surface area contributed by atoms with Gasteiger partial charge in [0.1, 0.15) is 12.4 Å². The largest absolute Gasteiger partial charge is 0.485 e. The number of benzene rings is 1. The van der Waals surface area contributed by atoms with Crippen molar-refractivity contribution in [1.29, 1.82) is 0 Å². The smallest absolute Gasteiger partial charge is 0.328 e. The lowest BCUT2D eigenvalue weighted by Crippen LogP contribution is -1.98. The first-order chi connectivity index (χ1) is 9.16. The molecule has 0 aliphatic heterocycles. The molecule has 0 aliphatic rings. The van der Waals surface area contributed by atoms with Gasteiger partial charge in [0.15, 0.2) is 5.76 Å². The standard InChI is InChI=1S/C14H13NO4/c1-10-3-2-4-11(5-6-13(16)17)14(10)18-9-12-7-8-15-19-12/h2-8H,9H2,1H3,(H,16,17)/b6-5+. The van der Waals surface area contributed by atoms with E-state index < -0.39 is 5.97 Å². The van der Waals surface area contributed by atoms with Gasteiger partial charge in [0, 0.05) is 17.7 Å². The quantitative estimate of drug-likeness (QED) is 0.836. The van der Waals surface area contributed by atoms with E-state index in [-0.39, 0.29) is 6.61 Å². The first kappa shape index (κ1) is 12.9.